The molecule has 0 aromatic rings. The summed E-state index contributed by atoms with van der Waals surface area (Å²) in [7, 11) is -0.698. The first-order chi connectivity index (χ1) is 7.40. The van der Waals surface area contributed by atoms with Crippen LogP contribution in [0.15, 0.2) is 0 Å². The quantitative estimate of drug-likeness (QED) is 0.581. The van der Waals surface area contributed by atoms with Gasteiger partial charge in [0.1, 0.15) is 0 Å². The Morgan fingerprint density at radius 2 is 1.88 bits per heavy atom. The van der Waals surface area contributed by atoms with Gasteiger partial charge in [0.05, 0.1) is 6.54 Å². The van der Waals surface area contributed by atoms with E-state index < -0.39 is 10.2 Å². The monoisotopic (exact) mass is 251 g/mol. The molecule has 0 atom stereocenters. The topological polar surface area (TPSA) is 78.5 Å². The first-order valence-corrected chi connectivity index (χ1v) is 6.78. The number of nitrogens with one attached hydrogen (secondary N) is 2. The maximum atomic E-state index is 11.2. The number of carbonyl (C=O) groups excluding carboxylic acids is 1. The van der Waals surface area contributed by atoms with Crippen LogP contribution in [0.1, 0.15) is 26.2 Å². The number of amides is 1. The van der Waals surface area contributed by atoms with Gasteiger partial charge < -0.3 is 5.32 Å². The minimum Gasteiger partial charge on any atom is -0.355 e. The summed E-state index contributed by atoms with van der Waals surface area (Å²) in [5.74, 6) is -0.304. The number of carbonyl (C=O) groups is 1. The molecule has 0 fully saturated rings. The molecule has 0 aliphatic rings. The Balaban J connectivity index is 3.74. The first-order valence-electron chi connectivity index (χ1n) is 5.34. The van der Waals surface area contributed by atoms with E-state index in [-0.39, 0.29) is 12.5 Å². The fourth-order valence-electron chi connectivity index (χ4n) is 0.951. The fraction of sp³-hybridized carbons (Fsp3) is 0.889. The van der Waals surface area contributed by atoms with Gasteiger partial charge in [-0.1, -0.05) is 19.8 Å². The van der Waals surface area contributed by atoms with E-state index in [0.717, 1.165) is 23.6 Å². The van der Waals surface area contributed by atoms with Gasteiger partial charge in [0.2, 0.25) is 5.91 Å². The van der Waals surface area contributed by atoms with Crippen molar-refractivity contribution in [3.8, 4) is 0 Å². The highest BCUT2D eigenvalue weighted by Gasteiger charge is 2.13. The summed E-state index contributed by atoms with van der Waals surface area (Å²) in [5, 5.41) is 2.64. The van der Waals surface area contributed by atoms with Gasteiger partial charge in [-0.05, 0) is 6.42 Å². The van der Waals surface area contributed by atoms with Gasteiger partial charge in [0, 0.05) is 20.6 Å². The molecule has 0 unspecified atom stereocenters. The Bertz CT molecular complexity index is 301. The molecule has 7 heteroatoms. The van der Waals surface area contributed by atoms with Crippen LogP contribution in [0.25, 0.3) is 0 Å². The zero-order valence-corrected chi connectivity index (χ0v) is 10.9. The zero-order valence-electron chi connectivity index (χ0n) is 10.1. The van der Waals surface area contributed by atoms with Crippen molar-refractivity contribution in [2.75, 3.05) is 27.2 Å². The van der Waals surface area contributed by atoms with Crippen LogP contribution >= 0.6 is 0 Å². The Hall–Kier alpha value is -0.660. The summed E-state index contributed by atoms with van der Waals surface area (Å²) in [6.45, 7) is 2.45. The Morgan fingerprint density at radius 3 is 2.38 bits per heavy atom. The van der Waals surface area contributed by atoms with Crippen molar-refractivity contribution in [2.24, 2.45) is 0 Å². The molecular weight excluding hydrogens is 230 g/mol. The average molecular weight is 251 g/mol. The molecule has 2 N–H and O–H groups in total. The number of hydrogen-bond acceptors (Lipinski definition) is 3. The summed E-state index contributed by atoms with van der Waals surface area (Å²) in [6.07, 6.45) is 3.06. The van der Waals surface area contributed by atoms with E-state index in [1.165, 1.54) is 14.1 Å². The summed E-state index contributed by atoms with van der Waals surface area (Å²) in [4.78, 5) is 11.2. The minimum absolute atomic E-state index is 0.216. The fourth-order valence-corrected chi connectivity index (χ4v) is 1.52. The average Bonchev–Trinajstić information content (AvgIpc) is 2.21. The second-order valence-electron chi connectivity index (χ2n) is 3.67. The van der Waals surface area contributed by atoms with Crippen LogP contribution in [0.2, 0.25) is 0 Å². The lowest BCUT2D eigenvalue weighted by Crippen LogP contribution is -2.42. The Morgan fingerprint density at radius 1 is 1.25 bits per heavy atom. The van der Waals surface area contributed by atoms with Crippen LogP contribution in [0.3, 0.4) is 0 Å². The maximum Gasteiger partial charge on any atom is 0.279 e. The van der Waals surface area contributed by atoms with Crippen molar-refractivity contribution in [1.29, 1.82) is 0 Å². The lowest BCUT2D eigenvalue weighted by atomic mass is 10.2. The molecule has 0 aliphatic carbocycles. The van der Waals surface area contributed by atoms with Crippen LogP contribution in [0, 0.1) is 0 Å². The van der Waals surface area contributed by atoms with E-state index in [2.05, 4.69) is 17.0 Å². The number of rotatable bonds is 8. The van der Waals surface area contributed by atoms with Gasteiger partial charge in [0.15, 0.2) is 0 Å². The van der Waals surface area contributed by atoms with Crippen molar-refractivity contribution < 1.29 is 13.2 Å². The van der Waals surface area contributed by atoms with Gasteiger partial charge in [-0.15, -0.1) is 0 Å². The maximum absolute atomic E-state index is 11.2. The molecule has 1 amide bonds. The second kappa shape index (κ2) is 7.59. The van der Waals surface area contributed by atoms with Crippen LogP contribution in [0.4, 0.5) is 0 Å². The zero-order chi connectivity index (χ0) is 12.6. The highest BCUT2D eigenvalue weighted by Crippen LogP contribution is 1.91. The molecule has 6 nitrogen and oxygen atoms in total. The normalized spacial score (nSPS) is 11.8. The molecule has 0 saturated carbocycles. The summed E-state index contributed by atoms with van der Waals surface area (Å²) >= 11 is 0. The SMILES string of the molecule is CCCCCNC(=O)CNS(=O)(=O)N(C)C. The second-order valence-corrected chi connectivity index (χ2v) is 5.63. The third-order valence-corrected chi connectivity index (χ3v) is 3.47. The van der Waals surface area contributed by atoms with E-state index in [9.17, 15) is 13.2 Å². The summed E-state index contributed by atoms with van der Waals surface area (Å²) in [6, 6.07) is 0. The smallest absolute Gasteiger partial charge is 0.279 e. The van der Waals surface area contributed by atoms with Gasteiger partial charge in [-0.2, -0.15) is 17.4 Å². The Labute approximate surface area is 97.6 Å². The van der Waals surface area contributed by atoms with Gasteiger partial charge >= 0.3 is 0 Å². The minimum atomic E-state index is -3.51. The van der Waals surface area contributed by atoms with Crippen molar-refractivity contribution in [1.82, 2.24) is 14.3 Å². The standard InChI is InChI=1S/C9H21N3O3S/c1-4-5-6-7-10-9(13)8-11-16(14,15)12(2)3/h11H,4-8H2,1-3H3,(H,10,13). The molecule has 96 valence electrons. The van der Waals surface area contributed by atoms with Crippen LogP contribution < -0.4 is 10.0 Å². The van der Waals surface area contributed by atoms with E-state index in [1.54, 1.807) is 0 Å². The van der Waals surface area contributed by atoms with Gasteiger partial charge in [-0.3, -0.25) is 4.79 Å². The predicted octanol–water partition coefficient (Wildman–Crippen LogP) is -0.311. The van der Waals surface area contributed by atoms with Crippen LogP contribution in [-0.2, 0) is 15.0 Å². The summed E-state index contributed by atoms with van der Waals surface area (Å²) in [5.41, 5.74) is 0. The first kappa shape index (κ1) is 15.3. The lowest BCUT2D eigenvalue weighted by molar-refractivity contribution is -0.119. The Kier molecular flexibility index (Phi) is 7.27. The molecule has 0 spiro atoms. The van der Waals surface area contributed by atoms with Crippen LogP contribution in [-0.4, -0.2) is 45.8 Å². The third-order valence-electron chi connectivity index (χ3n) is 2.00. The van der Waals surface area contributed by atoms with E-state index in [4.69, 9.17) is 0 Å². The largest absolute Gasteiger partial charge is 0.355 e. The van der Waals surface area contributed by atoms with Crippen molar-refractivity contribution in [2.45, 2.75) is 26.2 Å². The molecular formula is C9H21N3O3S. The molecule has 0 aliphatic heterocycles. The van der Waals surface area contributed by atoms with E-state index >= 15 is 0 Å². The van der Waals surface area contributed by atoms with Gasteiger partial charge in [-0.25, -0.2) is 0 Å². The van der Waals surface area contributed by atoms with E-state index in [1.807, 2.05) is 0 Å². The molecule has 0 heterocycles. The molecule has 0 aromatic carbocycles. The van der Waals surface area contributed by atoms with Crippen molar-refractivity contribution in [3.63, 3.8) is 0 Å². The molecule has 0 aromatic heterocycles. The third kappa shape index (κ3) is 6.76. The molecule has 0 bridgehead atoms. The number of hydrogen-bond donors (Lipinski definition) is 2. The highest BCUT2D eigenvalue weighted by atomic mass is 32.2. The predicted molar refractivity (Wildman–Crippen MR) is 63.1 cm³/mol. The highest BCUT2D eigenvalue weighted by molar-refractivity contribution is 7.87. The van der Waals surface area contributed by atoms with Crippen LogP contribution in [0.5, 0.6) is 0 Å². The number of nitrogens with zero attached hydrogens (tertiary/aromatic N) is 1. The summed E-state index contributed by atoms with van der Waals surface area (Å²) < 4.78 is 25.7. The lowest BCUT2D eigenvalue weighted by Gasteiger charge is -2.12. The van der Waals surface area contributed by atoms with E-state index in [0.29, 0.717) is 6.54 Å². The molecule has 16 heavy (non-hydrogen) atoms. The molecule has 0 rings (SSSR count). The van der Waals surface area contributed by atoms with Crippen molar-refractivity contribution in [3.05, 3.63) is 0 Å². The van der Waals surface area contributed by atoms with Crippen molar-refractivity contribution >= 4 is 16.1 Å². The molecule has 0 saturated heterocycles. The number of unbranched alkanes of at least 4 members (excludes halogenated alkanes) is 2. The molecule has 0 radical (unpaired) electrons. The van der Waals surface area contributed by atoms with Gasteiger partial charge in [0.25, 0.3) is 10.2 Å².